The van der Waals surface area contributed by atoms with Gasteiger partial charge in [0.25, 0.3) is 5.91 Å². The van der Waals surface area contributed by atoms with Crippen LogP contribution < -0.4 is 10.2 Å². The molecule has 0 saturated carbocycles. The molecule has 1 aliphatic rings. The summed E-state index contributed by atoms with van der Waals surface area (Å²) in [4.78, 5) is 27.4. The van der Waals surface area contributed by atoms with Gasteiger partial charge in [-0.05, 0) is 76.7 Å². The molecule has 1 aromatic carbocycles. The van der Waals surface area contributed by atoms with Crippen LogP contribution in [0.1, 0.15) is 33.6 Å². The fourth-order valence-corrected chi connectivity index (χ4v) is 4.84. The monoisotopic (exact) mass is 430 g/mol. The van der Waals surface area contributed by atoms with E-state index in [1.165, 1.54) is 11.1 Å². The lowest BCUT2D eigenvalue weighted by Crippen LogP contribution is -2.31. The molecule has 4 aromatic rings. The molecule has 7 nitrogen and oxygen atoms in total. The van der Waals surface area contributed by atoms with E-state index in [-0.39, 0.29) is 5.91 Å². The molecule has 1 aliphatic heterocycles. The van der Waals surface area contributed by atoms with E-state index in [1.54, 1.807) is 7.05 Å². The molecule has 7 heteroatoms. The molecular weight excluding hydrogens is 400 g/mol. The van der Waals surface area contributed by atoms with Crippen LogP contribution in [-0.4, -0.2) is 65.5 Å². The Hall–Kier alpha value is -3.19. The van der Waals surface area contributed by atoms with Gasteiger partial charge in [0, 0.05) is 42.9 Å². The van der Waals surface area contributed by atoms with Gasteiger partial charge in [0.15, 0.2) is 5.65 Å². The zero-order valence-corrected chi connectivity index (χ0v) is 19.7. The van der Waals surface area contributed by atoms with Crippen molar-refractivity contribution in [2.75, 3.05) is 39.1 Å². The van der Waals surface area contributed by atoms with E-state index in [0.29, 0.717) is 17.3 Å². The summed E-state index contributed by atoms with van der Waals surface area (Å²) in [5.41, 5.74) is 8.40. The zero-order chi connectivity index (χ0) is 22.7. The van der Waals surface area contributed by atoms with Crippen LogP contribution >= 0.6 is 0 Å². The second-order valence-electron chi connectivity index (χ2n) is 9.21. The quantitative estimate of drug-likeness (QED) is 0.539. The Labute approximate surface area is 188 Å². The number of hydrogen-bond donors (Lipinski definition) is 1. The van der Waals surface area contributed by atoms with E-state index in [1.807, 2.05) is 13.0 Å². The number of rotatable bonds is 3. The smallest absolute Gasteiger partial charge is 0.254 e. The largest absolute Gasteiger partial charge is 0.369 e. The molecule has 1 saturated heterocycles. The van der Waals surface area contributed by atoms with Crippen molar-refractivity contribution in [1.29, 1.82) is 0 Å². The Morgan fingerprint density at radius 1 is 1.06 bits per heavy atom. The van der Waals surface area contributed by atoms with Crippen LogP contribution in [0.25, 0.3) is 27.7 Å². The number of imidazole rings is 1. The summed E-state index contributed by atoms with van der Waals surface area (Å²) in [7, 11) is 5.94. The summed E-state index contributed by atoms with van der Waals surface area (Å²) in [5.74, 6) is -0.139. The molecule has 3 aromatic heterocycles. The van der Waals surface area contributed by atoms with Crippen LogP contribution in [0, 0.1) is 20.8 Å². The summed E-state index contributed by atoms with van der Waals surface area (Å²) < 4.78 is 2.07. The number of amides is 1. The van der Waals surface area contributed by atoms with Crippen molar-refractivity contribution >= 4 is 39.3 Å². The molecule has 0 radical (unpaired) electrons. The molecule has 0 aliphatic carbocycles. The normalized spacial score (nSPS) is 16.7. The summed E-state index contributed by atoms with van der Waals surface area (Å²) in [6.07, 6.45) is 1.12. The first-order chi connectivity index (χ1) is 15.3. The number of aryl methyl sites for hydroxylation is 3. The van der Waals surface area contributed by atoms with Crippen LogP contribution in [0.3, 0.4) is 0 Å². The predicted molar refractivity (Wildman–Crippen MR) is 130 cm³/mol. The standard InChI is InChI=1S/C25H30N6O/c1-14-9-20-22(10-15(14)2)31-23-18(12-19(24(31)28-20)25(32)26-4)21(11-16(3)27-23)30-8-7-17(13-30)29(5)6/h9-12,17H,7-8,13H2,1-6H3,(H,26,32)/t17-/m0/s1. The third kappa shape index (κ3) is 3.11. The number of nitrogens with zero attached hydrogens (tertiary/aromatic N) is 5. The maximum absolute atomic E-state index is 12.9. The molecule has 1 amide bonds. The fourth-order valence-electron chi connectivity index (χ4n) is 4.84. The molecule has 5 rings (SSSR count). The molecule has 0 unspecified atom stereocenters. The molecule has 0 bridgehead atoms. The van der Waals surface area contributed by atoms with Crippen molar-refractivity contribution in [3.8, 4) is 0 Å². The minimum atomic E-state index is -0.139. The number of carbonyl (C=O) groups is 1. The number of pyridine rings is 2. The van der Waals surface area contributed by atoms with E-state index >= 15 is 0 Å². The number of likely N-dealkylation sites (N-methyl/N-ethyl adjacent to an activating group) is 1. The second-order valence-corrected chi connectivity index (χ2v) is 9.21. The summed E-state index contributed by atoms with van der Waals surface area (Å²) in [5, 5.41) is 3.78. The molecule has 166 valence electrons. The van der Waals surface area contributed by atoms with Gasteiger partial charge in [-0.2, -0.15) is 0 Å². The minimum absolute atomic E-state index is 0.139. The molecular formula is C25H30N6O. The van der Waals surface area contributed by atoms with Crippen LogP contribution in [-0.2, 0) is 0 Å². The topological polar surface area (TPSA) is 65.8 Å². The first kappa shape index (κ1) is 20.7. The number of benzene rings is 1. The zero-order valence-electron chi connectivity index (χ0n) is 19.7. The van der Waals surface area contributed by atoms with Crippen molar-refractivity contribution < 1.29 is 4.79 Å². The van der Waals surface area contributed by atoms with Crippen LogP contribution in [0.15, 0.2) is 24.3 Å². The van der Waals surface area contributed by atoms with Gasteiger partial charge >= 0.3 is 0 Å². The van der Waals surface area contributed by atoms with Gasteiger partial charge in [-0.1, -0.05) is 0 Å². The number of anilines is 1. The van der Waals surface area contributed by atoms with Crippen LogP contribution in [0.2, 0.25) is 0 Å². The van der Waals surface area contributed by atoms with Gasteiger partial charge in [0.1, 0.15) is 5.65 Å². The Morgan fingerprint density at radius 2 is 1.81 bits per heavy atom. The van der Waals surface area contributed by atoms with Crippen molar-refractivity contribution in [2.45, 2.75) is 33.2 Å². The average molecular weight is 431 g/mol. The summed E-state index contributed by atoms with van der Waals surface area (Å²) in [6.45, 7) is 8.18. The van der Waals surface area contributed by atoms with Gasteiger partial charge in [-0.25, -0.2) is 9.97 Å². The van der Waals surface area contributed by atoms with Gasteiger partial charge in [0.05, 0.1) is 16.6 Å². The van der Waals surface area contributed by atoms with Crippen molar-refractivity contribution in [3.05, 3.63) is 46.6 Å². The Kier molecular flexibility index (Phi) is 4.82. The van der Waals surface area contributed by atoms with Crippen LogP contribution in [0.4, 0.5) is 5.69 Å². The second kappa shape index (κ2) is 7.45. The highest BCUT2D eigenvalue weighted by molar-refractivity contribution is 6.07. The Bertz CT molecular complexity index is 1390. The van der Waals surface area contributed by atoms with E-state index in [9.17, 15) is 4.79 Å². The maximum atomic E-state index is 12.9. The highest BCUT2D eigenvalue weighted by Crippen LogP contribution is 2.34. The fraction of sp³-hybridized carbons (Fsp3) is 0.400. The van der Waals surface area contributed by atoms with Crippen molar-refractivity contribution in [1.82, 2.24) is 24.6 Å². The van der Waals surface area contributed by atoms with Crippen molar-refractivity contribution in [3.63, 3.8) is 0 Å². The van der Waals surface area contributed by atoms with Gasteiger partial charge in [0.2, 0.25) is 0 Å². The lowest BCUT2D eigenvalue weighted by molar-refractivity contribution is 0.0964. The lowest BCUT2D eigenvalue weighted by Gasteiger charge is -2.24. The molecule has 0 spiro atoms. The van der Waals surface area contributed by atoms with E-state index < -0.39 is 0 Å². The first-order valence-electron chi connectivity index (χ1n) is 11.2. The average Bonchev–Trinajstić information content (AvgIpc) is 3.38. The molecule has 4 heterocycles. The van der Waals surface area contributed by atoms with Crippen LogP contribution in [0.5, 0.6) is 0 Å². The molecule has 32 heavy (non-hydrogen) atoms. The third-order valence-electron chi connectivity index (χ3n) is 6.86. The predicted octanol–water partition coefficient (Wildman–Crippen LogP) is 3.46. The first-order valence-corrected chi connectivity index (χ1v) is 11.2. The number of hydrogen-bond acceptors (Lipinski definition) is 5. The summed E-state index contributed by atoms with van der Waals surface area (Å²) in [6, 6.07) is 8.88. The molecule has 1 N–H and O–H groups in total. The Balaban J connectivity index is 1.87. The number of nitrogens with one attached hydrogen (secondary N) is 1. The number of carbonyl (C=O) groups excluding carboxylic acids is 1. The number of aromatic nitrogens is 3. The van der Waals surface area contributed by atoms with E-state index in [4.69, 9.17) is 9.97 Å². The third-order valence-corrected chi connectivity index (χ3v) is 6.86. The highest BCUT2D eigenvalue weighted by atomic mass is 16.1. The molecule has 1 fully saturated rings. The lowest BCUT2D eigenvalue weighted by atomic mass is 10.1. The maximum Gasteiger partial charge on any atom is 0.254 e. The van der Waals surface area contributed by atoms with E-state index in [0.717, 1.165) is 53.0 Å². The minimum Gasteiger partial charge on any atom is -0.369 e. The summed E-state index contributed by atoms with van der Waals surface area (Å²) >= 11 is 0. The van der Waals surface area contributed by atoms with Gasteiger partial charge in [-0.3, -0.25) is 9.20 Å². The van der Waals surface area contributed by atoms with Crippen molar-refractivity contribution in [2.24, 2.45) is 0 Å². The van der Waals surface area contributed by atoms with E-state index in [2.05, 4.69) is 65.7 Å². The SMILES string of the molecule is CNC(=O)c1cc2c(N3CC[C@H](N(C)C)C3)cc(C)nc2n2c1nc1cc(C)c(C)cc12. The molecule has 1 atom stereocenters. The highest BCUT2D eigenvalue weighted by Gasteiger charge is 2.27. The van der Waals surface area contributed by atoms with Gasteiger partial charge in [-0.15, -0.1) is 0 Å². The Morgan fingerprint density at radius 3 is 2.50 bits per heavy atom. The van der Waals surface area contributed by atoms with Gasteiger partial charge < -0.3 is 15.1 Å². The number of fused-ring (bicyclic) bond motifs is 5.